The lowest BCUT2D eigenvalue weighted by molar-refractivity contribution is 0.672. The summed E-state index contributed by atoms with van der Waals surface area (Å²) in [6, 6.07) is 101. The molecule has 0 radical (unpaired) electrons. The second-order valence-electron chi connectivity index (χ2n) is 19.6. The van der Waals surface area contributed by atoms with E-state index in [-0.39, 0.29) is 5.92 Å². The summed E-state index contributed by atoms with van der Waals surface area (Å²) in [5, 5.41) is 2.51. The predicted octanol–water partition coefficient (Wildman–Crippen LogP) is 19.0. The van der Waals surface area contributed by atoms with Gasteiger partial charge in [0.05, 0.1) is 5.41 Å². The zero-order valence-corrected chi connectivity index (χ0v) is 40.9. The van der Waals surface area contributed by atoms with Gasteiger partial charge in [0.2, 0.25) is 0 Å². The molecule has 1 atom stereocenters. The highest BCUT2D eigenvalue weighted by Gasteiger charge is 2.46. The van der Waals surface area contributed by atoms with E-state index in [1.807, 2.05) is 0 Å². The first-order valence-corrected chi connectivity index (χ1v) is 25.6. The van der Waals surface area contributed by atoms with Crippen molar-refractivity contribution in [3.05, 3.63) is 319 Å². The van der Waals surface area contributed by atoms with Crippen molar-refractivity contribution in [2.75, 3.05) is 4.90 Å². The third-order valence-electron chi connectivity index (χ3n) is 15.4. The molecule has 2 aliphatic rings. The Kier molecular flexibility index (Phi) is 11.2. The summed E-state index contributed by atoms with van der Waals surface area (Å²) in [4.78, 5) is 2.50. The van der Waals surface area contributed by atoms with E-state index < -0.39 is 5.41 Å². The molecule has 0 aromatic heterocycles. The monoisotopic (exact) mass is 931 g/mol. The fourth-order valence-corrected chi connectivity index (χ4v) is 11.8. The Morgan fingerprint density at radius 1 is 0.356 bits per heavy atom. The van der Waals surface area contributed by atoms with Gasteiger partial charge in [0, 0.05) is 23.0 Å². The van der Waals surface area contributed by atoms with Crippen LogP contribution in [0.15, 0.2) is 291 Å². The van der Waals surface area contributed by atoms with Gasteiger partial charge in [0.15, 0.2) is 0 Å². The van der Waals surface area contributed by atoms with Gasteiger partial charge in [-0.1, -0.05) is 250 Å². The molecule has 73 heavy (non-hydrogen) atoms. The maximum Gasteiger partial charge on any atom is 0.0713 e. The van der Waals surface area contributed by atoms with Crippen LogP contribution in [0.4, 0.5) is 11.4 Å². The summed E-state index contributed by atoms with van der Waals surface area (Å²) in [7, 11) is 0. The average molecular weight is 932 g/mol. The first kappa shape index (κ1) is 43.9. The van der Waals surface area contributed by atoms with E-state index in [4.69, 9.17) is 0 Å². The fraction of sp³-hybridized carbons (Fsp3) is 0.0556. The van der Waals surface area contributed by atoms with E-state index in [0.717, 1.165) is 17.8 Å². The van der Waals surface area contributed by atoms with Gasteiger partial charge in [0.25, 0.3) is 0 Å². The van der Waals surface area contributed by atoms with Gasteiger partial charge in [-0.3, -0.25) is 0 Å². The van der Waals surface area contributed by atoms with Crippen LogP contribution in [-0.2, 0) is 5.41 Å². The van der Waals surface area contributed by atoms with Crippen molar-refractivity contribution in [1.82, 2.24) is 0 Å². The number of anilines is 2. The van der Waals surface area contributed by atoms with Gasteiger partial charge >= 0.3 is 0 Å². The van der Waals surface area contributed by atoms with Crippen LogP contribution in [0.25, 0.3) is 72.0 Å². The first-order chi connectivity index (χ1) is 36.1. The van der Waals surface area contributed by atoms with Crippen LogP contribution in [0.1, 0.15) is 41.2 Å². The molecule has 1 heteroatoms. The summed E-state index contributed by atoms with van der Waals surface area (Å²) in [5.41, 5.74) is 23.0. The lowest BCUT2D eigenvalue weighted by Gasteiger charge is -2.34. The van der Waals surface area contributed by atoms with E-state index in [9.17, 15) is 0 Å². The number of allylic oxidation sites excluding steroid dienone is 4. The van der Waals surface area contributed by atoms with Crippen LogP contribution in [0, 0.1) is 5.92 Å². The molecule has 11 aromatic carbocycles. The molecule has 13 rings (SSSR count). The lowest BCUT2D eigenvalue weighted by atomic mass is 9.67. The van der Waals surface area contributed by atoms with Crippen molar-refractivity contribution in [2.24, 2.45) is 5.92 Å². The maximum absolute atomic E-state index is 2.50. The minimum Gasteiger partial charge on any atom is -0.314 e. The number of hydrogen-bond donors (Lipinski definition) is 0. The van der Waals surface area contributed by atoms with Crippen molar-refractivity contribution in [3.8, 4) is 55.6 Å². The molecule has 0 heterocycles. The first-order valence-electron chi connectivity index (χ1n) is 25.6. The van der Waals surface area contributed by atoms with Crippen LogP contribution < -0.4 is 4.90 Å². The molecule has 346 valence electrons. The SMILES string of the molecule is CC1CC=C(c2ccc(-c3ccccc3)cc2)C=C1N(c1ccc(-c2cccc(-c3ccc4ccccc4c3)c2)cc1)c1ccc(-c2cccc3c2-c2ccccc2C3(c2ccccc2)c2ccccc2)cc1. The van der Waals surface area contributed by atoms with Gasteiger partial charge in [-0.15, -0.1) is 0 Å². The number of hydrogen-bond acceptors (Lipinski definition) is 1. The van der Waals surface area contributed by atoms with Gasteiger partial charge in [-0.25, -0.2) is 0 Å². The third kappa shape index (κ3) is 7.82. The molecule has 0 aliphatic heterocycles. The molecule has 0 saturated heterocycles. The van der Waals surface area contributed by atoms with Crippen molar-refractivity contribution in [2.45, 2.75) is 18.8 Å². The summed E-state index contributed by atoms with van der Waals surface area (Å²) < 4.78 is 0. The molecule has 0 bridgehead atoms. The highest BCUT2D eigenvalue weighted by atomic mass is 15.2. The Morgan fingerprint density at radius 3 is 1.52 bits per heavy atom. The molecule has 0 amide bonds. The average Bonchev–Trinajstić information content (AvgIpc) is 3.78. The summed E-state index contributed by atoms with van der Waals surface area (Å²) in [6.07, 6.45) is 5.78. The quantitative estimate of drug-likeness (QED) is 0.132. The molecule has 0 saturated carbocycles. The second kappa shape index (κ2) is 18.6. The Balaban J connectivity index is 0.904. The summed E-state index contributed by atoms with van der Waals surface area (Å²) in [6.45, 7) is 2.36. The van der Waals surface area contributed by atoms with Crippen LogP contribution in [-0.4, -0.2) is 0 Å². The Morgan fingerprint density at radius 2 is 0.822 bits per heavy atom. The Hall–Kier alpha value is -9.04. The maximum atomic E-state index is 2.50. The van der Waals surface area contributed by atoms with Crippen LogP contribution in [0.5, 0.6) is 0 Å². The van der Waals surface area contributed by atoms with Crippen molar-refractivity contribution in [3.63, 3.8) is 0 Å². The van der Waals surface area contributed by atoms with Gasteiger partial charge in [0.1, 0.15) is 0 Å². The van der Waals surface area contributed by atoms with Crippen LogP contribution in [0.3, 0.4) is 0 Å². The van der Waals surface area contributed by atoms with Gasteiger partial charge in [-0.2, -0.15) is 0 Å². The highest BCUT2D eigenvalue weighted by molar-refractivity contribution is 5.96. The van der Waals surface area contributed by atoms with Crippen molar-refractivity contribution < 1.29 is 0 Å². The predicted molar refractivity (Wildman–Crippen MR) is 308 cm³/mol. The summed E-state index contributed by atoms with van der Waals surface area (Å²) >= 11 is 0. The van der Waals surface area contributed by atoms with E-state index in [0.29, 0.717) is 0 Å². The fourth-order valence-electron chi connectivity index (χ4n) is 11.8. The van der Waals surface area contributed by atoms with Crippen LogP contribution >= 0.6 is 0 Å². The second-order valence-corrected chi connectivity index (χ2v) is 19.6. The van der Waals surface area contributed by atoms with Crippen LogP contribution in [0.2, 0.25) is 0 Å². The molecule has 2 aliphatic carbocycles. The van der Waals surface area contributed by atoms with Gasteiger partial charge < -0.3 is 4.90 Å². The van der Waals surface area contributed by atoms with E-state index in [1.165, 1.54) is 105 Å². The third-order valence-corrected chi connectivity index (χ3v) is 15.4. The number of nitrogens with zero attached hydrogens (tertiary/aromatic N) is 1. The van der Waals surface area contributed by atoms with E-state index >= 15 is 0 Å². The highest BCUT2D eigenvalue weighted by Crippen LogP contribution is 2.58. The Labute approximate surface area is 429 Å². The van der Waals surface area contributed by atoms with Crippen molar-refractivity contribution >= 4 is 27.7 Å². The largest absolute Gasteiger partial charge is 0.314 e. The number of rotatable bonds is 10. The Bertz CT molecular complexity index is 3810. The van der Waals surface area contributed by atoms with Gasteiger partial charge in [-0.05, 0) is 149 Å². The lowest BCUT2D eigenvalue weighted by Crippen LogP contribution is -2.28. The molecular weight excluding hydrogens is 879 g/mol. The van der Waals surface area contributed by atoms with Crippen molar-refractivity contribution in [1.29, 1.82) is 0 Å². The number of fused-ring (bicyclic) bond motifs is 4. The molecule has 0 N–H and O–H groups in total. The molecule has 0 fully saturated rings. The van der Waals surface area contributed by atoms with E-state index in [1.54, 1.807) is 0 Å². The molecule has 1 unspecified atom stereocenters. The smallest absolute Gasteiger partial charge is 0.0713 e. The standard InChI is InChI=1S/C72H53N/c1-50-31-32-61(54-35-33-53(34-36-54)51-17-5-2-6-18-51)49-70(50)73(64-43-39-55(40-44-64)58-21-15-22-59(47-58)60-38-37-52-19-11-12-20-57(52)48-60)65-45-41-56(42-46-65)66-28-16-30-69-71(66)67-27-13-14-29-68(67)72(69,62-23-7-3-8-24-62)63-25-9-4-10-26-63/h2-30,32-50H,31H2,1H3. The molecule has 1 nitrogen and oxygen atoms in total. The van der Waals surface area contributed by atoms with E-state index in [2.05, 4.69) is 297 Å². The normalized spacial score (nSPS) is 14.5. The molecule has 0 spiro atoms. The molecule has 11 aromatic rings. The molecular formula is C72H53N. The minimum absolute atomic E-state index is 0.281. The minimum atomic E-state index is -0.457. The zero-order chi connectivity index (χ0) is 48.7. The zero-order valence-electron chi connectivity index (χ0n) is 40.9. The summed E-state index contributed by atoms with van der Waals surface area (Å²) in [5.74, 6) is 0.281. The topological polar surface area (TPSA) is 3.24 Å². The number of benzene rings is 11.